The highest BCUT2D eigenvalue weighted by molar-refractivity contribution is 5.40. The van der Waals surface area contributed by atoms with E-state index in [-0.39, 0.29) is 6.10 Å². The van der Waals surface area contributed by atoms with E-state index in [1.54, 1.807) is 0 Å². The number of morpholine rings is 1. The lowest BCUT2D eigenvalue weighted by Crippen LogP contribution is -2.45. The van der Waals surface area contributed by atoms with E-state index in [1.165, 1.54) is 6.42 Å². The van der Waals surface area contributed by atoms with Crippen LogP contribution in [-0.4, -0.2) is 35.6 Å². The molecule has 100 valence electrons. The number of pyridine rings is 1. The first-order valence-electron chi connectivity index (χ1n) is 6.69. The van der Waals surface area contributed by atoms with E-state index in [1.807, 2.05) is 13.1 Å². The summed E-state index contributed by atoms with van der Waals surface area (Å²) in [4.78, 5) is 6.71. The van der Waals surface area contributed by atoms with Crippen LogP contribution < -0.4 is 5.73 Å². The van der Waals surface area contributed by atoms with Crippen molar-refractivity contribution < 1.29 is 4.74 Å². The average Bonchev–Trinajstić information content (AvgIpc) is 2.36. The lowest BCUT2D eigenvalue weighted by atomic mass is 10.1. The first-order valence-corrected chi connectivity index (χ1v) is 6.69. The molecule has 0 bridgehead atoms. The fourth-order valence-electron chi connectivity index (χ4n) is 2.39. The van der Waals surface area contributed by atoms with Gasteiger partial charge in [0.25, 0.3) is 0 Å². The van der Waals surface area contributed by atoms with E-state index in [2.05, 4.69) is 29.8 Å². The van der Waals surface area contributed by atoms with E-state index in [0.717, 1.165) is 30.8 Å². The maximum atomic E-state index is 5.93. The number of hydrogen-bond acceptors (Lipinski definition) is 4. The number of nitrogens with two attached hydrogens (primary N) is 1. The van der Waals surface area contributed by atoms with Crippen molar-refractivity contribution in [1.29, 1.82) is 0 Å². The summed E-state index contributed by atoms with van der Waals surface area (Å²) in [6.07, 6.45) is 3.14. The highest BCUT2D eigenvalue weighted by Crippen LogP contribution is 2.26. The summed E-state index contributed by atoms with van der Waals surface area (Å²) in [6, 6.07) is 2.59. The van der Waals surface area contributed by atoms with Gasteiger partial charge in [-0.1, -0.05) is 6.92 Å². The predicted molar refractivity (Wildman–Crippen MR) is 73.4 cm³/mol. The fourth-order valence-corrected chi connectivity index (χ4v) is 2.39. The van der Waals surface area contributed by atoms with Crippen molar-refractivity contribution >= 4 is 5.82 Å². The predicted octanol–water partition coefficient (Wildman–Crippen LogP) is 2.14. The first kappa shape index (κ1) is 13.3. The highest BCUT2D eigenvalue weighted by atomic mass is 16.5. The van der Waals surface area contributed by atoms with Gasteiger partial charge >= 0.3 is 0 Å². The Bertz CT molecular complexity index is 408. The van der Waals surface area contributed by atoms with Gasteiger partial charge in [-0.15, -0.1) is 0 Å². The van der Waals surface area contributed by atoms with E-state index >= 15 is 0 Å². The molecule has 2 N–H and O–H groups in total. The van der Waals surface area contributed by atoms with Crippen molar-refractivity contribution in [3.8, 4) is 0 Å². The third-order valence-corrected chi connectivity index (χ3v) is 3.58. The van der Waals surface area contributed by atoms with Gasteiger partial charge in [0.15, 0.2) is 0 Å². The summed E-state index contributed by atoms with van der Waals surface area (Å²) < 4.78 is 5.93. The summed E-state index contributed by atoms with van der Waals surface area (Å²) in [5, 5.41) is 0. The van der Waals surface area contributed by atoms with Crippen molar-refractivity contribution in [2.24, 2.45) is 0 Å². The molecule has 4 heteroatoms. The van der Waals surface area contributed by atoms with Gasteiger partial charge in [-0.25, -0.2) is 4.98 Å². The minimum Gasteiger partial charge on any atom is -0.383 e. The lowest BCUT2D eigenvalue weighted by Gasteiger charge is -2.38. The molecule has 0 aliphatic carbocycles. The second kappa shape index (κ2) is 5.67. The summed E-state index contributed by atoms with van der Waals surface area (Å²) in [5.41, 5.74) is 7.91. The molecule has 18 heavy (non-hydrogen) atoms. The Balaban J connectivity index is 2.11. The average molecular weight is 249 g/mol. The fraction of sp³-hybridized carbons (Fsp3) is 0.643. The molecule has 0 radical (unpaired) electrons. The van der Waals surface area contributed by atoms with Crippen molar-refractivity contribution in [2.45, 2.75) is 39.3 Å². The topological polar surface area (TPSA) is 51.4 Å². The largest absolute Gasteiger partial charge is 0.383 e. The molecule has 1 aliphatic rings. The molecule has 0 amide bonds. The van der Waals surface area contributed by atoms with Gasteiger partial charge < -0.3 is 10.5 Å². The van der Waals surface area contributed by atoms with Crippen LogP contribution in [0, 0.1) is 6.92 Å². The Kier molecular flexibility index (Phi) is 4.19. The maximum Gasteiger partial charge on any atom is 0.126 e. The molecular formula is C14H23N3O. The number of hydrogen-bond donors (Lipinski definition) is 1. The van der Waals surface area contributed by atoms with Gasteiger partial charge in [-0.2, -0.15) is 0 Å². The van der Waals surface area contributed by atoms with E-state index in [4.69, 9.17) is 10.5 Å². The number of nitrogens with zero attached hydrogens (tertiary/aromatic N) is 2. The summed E-state index contributed by atoms with van der Waals surface area (Å²) in [5.74, 6) is 0.605. The third kappa shape index (κ3) is 2.82. The molecule has 0 spiro atoms. The molecule has 1 unspecified atom stereocenters. The Morgan fingerprint density at radius 2 is 2.33 bits per heavy atom. The zero-order chi connectivity index (χ0) is 13.1. The van der Waals surface area contributed by atoms with Crippen LogP contribution in [0.3, 0.4) is 0 Å². The third-order valence-electron chi connectivity index (χ3n) is 3.58. The lowest BCUT2D eigenvalue weighted by molar-refractivity contribution is -0.0599. The molecule has 1 aromatic heterocycles. The van der Waals surface area contributed by atoms with Gasteiger partial charge in [0.2, 0.25) is 0 Å². The number of aryl methyl sites for hydroxylation is 1. The molecule has 2 rings (SSSR count). The molecule has 0 aromatic carbocycles. The molecule has 2 heterocycles. The Morgan fingerprint density at radius 3 is 3.00 bits per heavy atom. The summed E-state index contributed by atoms with van der Waals surface area (Å²) in [6.45, 7) is 9.28. The standard InChI is InChI=1S/C14H23N3O/c1-4-5-17-8-13(18-9-11(17)3)12-6-10(2)14(15)16-7-12/h6-7,11,13H,4-5,8-9H2,1-3H3,(H2,15,16)/t11-,13?/m0/s1. The van der Waals surface area contributed by atoms with Gasteiger partial charge in [0, 0.05) is 24.3 Å². The molecule has 0 saturated carbocycles. The number of ether oxygens (including phenoxy) is 1. The number of rotatable bonds is 3. The highest BCUT2D eigenvalue weighted by Gasteiger charge is 2.26. The smallest absolute Gasteiger partial charge is 0.126 e. The summed E-state index contributed by atoms with van der Waals surface area (Å²) >= 11 is 0. The van der Waals surface area contributed by atoms with Crippen LogP contribution in [0.4, 0.5) is 5.82 Å². The van der Waals surface area contributed by atoms with Crippen molar-refractivity contribution in [2.75, 3.05) is 25.4 Å². The van der Waals surface area contributed by atoms with Gasteiger partial charge in [-0.3, -0.25) is 4.90 Å². The molecule has 1 aromatic rings. The first-order chi connectivity index (χ1) is 8.61. The molecule has 1 saturated heterocycles. The zero-order valence-corrected chi connectivity index (χ0v) is 11.5. The van der Waals surface area contributed by atoms with Gasteiger partial charge in [0.05, 0.1) is 12.7 Å². The van der Waals surface area contributed by atoms with E-state index in [9.17, 15) is 0 Å². The normalized spacial score (nSPS) is 25.3. The van der Waals surface area contributed by atoms with Crippen LogP contribution in [0.5, 0.6) is 0 Å². The zero-order valence-electron chi connectivity index (χ0n) is 11.5. The van der Waals surface area contributed by atoms with Gasteiger partial charge in [0.1, 0.15) is 5.82 Å². The molecule has 2 atom stereocenters. The van der Waals surface area contributed by atoms with Gasteiger partial charge in [-0.05, 0) is 38.4 Å². The Morgan fingerprint density at radius 1 is 1.56 bits per heavy atom. The van der Waals surface area contributed by atoms with E-state index in [0.29, 0.717) is 11.9 Å². The molecule has 1 fully saturated rings. The number of anilines is 1. The SMILES string of the molecule is CCCN1CC(c2cnc(N)c(C)c2)OC[C@@H]1C. The van der Waals surface area contributed by atoms with Crippen molar-refractivity contribution in [3.05, 3.63) is 23.4 Å². The monoisotopic (exact) mass is 249 g/mol. The maximum absolute atomic E-state index is 5.93. The minimum atomic E-state index is 0.125. The molecule has 1 aliphatic heterocycles. The van der Waals surface area contributed by atoms with Crippen LogP contribution in [-0.2, 0) is 4.74 Å². The quantitative estimate of drug-likeness (QED) is 0.891. The second-order valence-electron chi connectivity index (χ2n) is 5.14. The van der Waals surface area contributed by atoms with Crippen LogP contribution >= 0.6 is 0 Å². The van der Waals surface area contributed by atoms with Crippen LogP contribution in [0.15, 0.2) is 12.3 Å². The Hall–Kier alpha value is -1.13. The van der Waals surface area contributed by atoms with Crippen LogP contribution in [0.2, 0.25) is 0 Å². The van der Waals surface area contributed by atoms with Crippen molar-refractivity contribution in [3.63, 3.8) is 0 Å². The summed E-state index contributed by atoms with van der Waals surface area (Å²) in [7, 11) is 0. The Labute approximate surface area is 109 Å². The second-order valence-corrected chi connectivity index (χ2v) is 5.14. The van der Waals surface area contributed by atoms with Crippen molar-refractivity contribution in [1.82, 2.24) is 9.88 Å². The van der Waals surface area contributed by atoms with Crippen LogP contribution in [0.1, 0.15) is 37.5 Å². The number of nitrogen functional groups attached to an aromatic ring is 1. The molecule has 4 nitrogen and oxygen atoms in total. The van der Waals surface area contributed by atoms with E-state index < -0.39 is 0 Å². The molecular weight excluding hydrogens is 226 g/mol. The minimum absolute atomic E-state index is 0.125. The number of aromatic nitrogens is 1. The van der Waals surface area contributed by atoms with Crippen LogP contribution in [0.25, 0.3) is 0 Å².